The standard InChI is InChI=1S/C21H32N2O4S/c1-3-12-26-18-7-4-6-16(13-18)17-9-10-19(14-17)27-15-21-20(8-5-11-22-21)23-28(2,24)25/h3-4,6-7,13,17,19-23H,1,5,8-12,14-15H2,2H3/t17-,19+,20-,21-/m0/s1. The van der Waals surface area contributed by atoms with Crippen molar-refractivity contribution in [2.45, 2.75) is 56.2 Å². The molecule has 1 aromatic rings. The van der Waals surface area contributed by atoms with Crippen molar-refractivity contribution in [3.05, 3.63) is 42.5 Å². The van der Waals surface area contributed by atoms with E-state index in [-0.39, 0.29) is 18.2 Å². The van der Waals surface area contributed by atoms with Gasteiger partial charge in [0.2, 0.25) is 10.0 Å². The molecular formula is C21H32N2O4S. The van der Waals surface area contributed by atoms with E-state index in [4.69, 9.17) is 9.47 Å². The highest BCUT2D eigenvalue weighted by molar-refractivity contribution is 7.88. The van der Waals surface area contributed by atoms with Gasteiger partial charge in [-0.1, -0.05) is 24.8 Å². The van der Waals surface area contributed by atoms with Gasteiger partial charge >= 0.3 is 0 Å². The highest BCUT2D eigenvalue weighted by atomic mass is 32.2. The maximum absolute atomic E-state index is 11.6. The Balaban J connectivity index is 1.51. The maximum Gasteiger partial charge on any atom is 0.209 e. The van der Waals surface area contributed by atoms with Crippen LogP contribution in [-0.2, 0) is 14.8 Å². The third-order valence-electron chi connectivity index (χ3n) is 5.54. The summed E-state index contributed by atoms with van der Waals surface area (Å²) in [6.45, 7) is 5.63. The van der Waals surface area contributed by atoms with Crippen LogP contribution in [0.15, 0.2) is 36.9 Å². The molecule has 2 fully saturated rings. The van der Waals surface area contributed by atoms with Gasteiger partial charge in [-0.25, -0.2) is 13.1 Å². The Labute approximate surface area is 168 Å². The molecule has 0 spiro atoms. The Bertz CT molecular complexity index is 753. The normalized spacial score (nSPS) is 28.2. The van der Waals surface area contributed by atoms with Crippen LogP contribution in [0.5, 0.6) is 5.75 Å². The molecule has 28 heavy (non-hydrogen) atoms. The van der Waals surface area contributed by atoms with Gasteiger partial charge < -0.3 is 14.8 Å². The lowest BCUT2D eigenvalue weighted by atomic mass is 9.97. The first kappa shape index (κ1) is 21.3. The average Bonchev–Trinajstić information content (AvgIpc) is 3.14. The largest absolute Gasteiger partial charge is 0.490 e. The fourth-order valence-electron chi connectivity index (χ4n) is 4.19. The molecule has 1 saturated heterocycles. The van der Waals surface area contributed by atoms with Crippen molar-refractivity contribution in [2.24, 2.45) is 0 Å². The SMILES string of the molecule is C=CCOc1cccc([C@H]2CC[C@@H](OC[C@@H]3NCCC[C@@H]3NS(C)(=O)=O)C2)c1. The smallest absolute Gasteiger partial charge is 0.209 e. The molecule has 2 aliphatic rings. The van der Waals surface area contributed by atoms with Crippen LogP contribution in [0.3, 0.4) is 0 Å². The number of benzene rings is 1. The second kappa shape index (κ2) is 9.87. The summed E-state index contributed by atoms with van der Waals surface area (Å²) < 4.78 is 37.8. The van der Waals surface area contributed by atoms with Crippen molar-refractivity contribution in [1.29, 1.82) is 0 Å². The molecule has 0 bridgehead atoms. The monoisotopic (exact) mass is 408 g/mol. The molecule has 0 aromatic heterocycles. The summed E-state index contributed by atoms with van der Waals surface area (Å²) in [7, 11) is -3.21. The average molecular weight is 409 g/mol. The van der Waals surface area contributed by atoms with Gasteiger partial charge in [-0.05, 0) is 62.3 Å². The minimum absolute atomic E-state index is 0.0261. The lowest BCUT2D eigenvalue weighted by Crippen LogP contribution is -2.55. The molecule has 1 aliphatic heterocycles. The molecule has 4 atom stereocenters. The Morgan fingerprint density at radius 1 is 1.32 bits per heavy atom. The molecule has 1 heterocycles. The van der Waals surface area contributed by atoms with Crippen LogP contribution in [0, 0.1) is 0 Å². The summed E-state index contributed by atoms with van der Waals surface area (Å²) >= 11 is 0. The minimum atomic E-state index is -3.21. The fourth-order valence-corrected chi connectivity index (χ4v) is 5.02. The van der Waals surface area contributed by atoms with Crippen LogP contribution >= 0.6 is 0 Å². The Morgan fingerprint density at radius 3 is 2.96 bits per heavy atom. The molecule has 6 nitrogen and oxygen atoms in total. The van der Waals surface area contributed by atoms with Crippen molar-refractivity contribution in [1.82, 2.24) is 10.0 Å². The topological polar surface area (TPSA) is 76.7 Å². The maximum atomic E-state index is 11.6. The molecule has 3 rings (SSSR count). The van der Waals surface area contributed by atoms with Crippen molar-refractivity contribution in [3.8, 4) is 5.75 Å². The molecule has 0 amide bonds. The van der Waals surface area contributed by atoms with Crippen molar-refractivity contribution in [3.63, 3.8) is 0 Å². The first-order valence-corrected chi connectivity index (χ1v) is 12.0. The molecule has 0 unspecified atom stereocenters. The van der Waals surface area contributed by atoms with Gasteiger partial charge in [0.25, 0.3) is 0 Å². The second-order valence-electron chi connectivity index (χ2n) is 7.84. The predicted octanol–water partition coefficient (Wildman–Crippen LogP) is 2.57. The number of nitrogens with one attached hydrogen (secondary N) is 2. The van der Waals surface area contributed by atoms with Gasteiger partial charge in [-0.3, -0.25) is 0 Å². The molecule has 1 aliphatic carbocycles. The number of hydrogen-bond acceptors (Lipinski definition) is 5. The third kappa shape index (κ3) is 6.30. The van der Waals surface area contributed by atoms with Crippen molar-refractivity contribution < 1.29 is 17.9 Å². The Morgan fingerprint density at radius 2 is 2.18 bits per heavy atom. The zero-order valence-electron chi connectivity index (χ0n) is 16.6. The van der Waals surface area contributed by atoms with E-state index in [2.05, 4.69) is 28.8 Å². The lowest BCUT2D eigenvalue weighted by molar-refractivity contribution is 0.0321. The molecule has 156 valence electrons. The summed E-state index contributed by atoms with van der Waals surface area (Å²) in [6.07, 6.45) is 8.11. The van der Waals surface area contributed by atoms with Gasteiger partial charge in [-0.2, -0.15) is 0 Å². The van der Waals surface area contributed by atoms with Gasteiger partial charge in [0.1, 0.15) is 12.4 Å². The molecule has 1 aromatic carbocycles. The summed E-state index contributed by atoms with van der Waals surface area (Å²) in [5.74, 6) is 1.35. The zero-order chi connectivity index (χ0) is 20.0. The Hall–Kier alpha value is -1.41. The van der Waals surface area contributed by atoms with Gasteiger partial charge in [-0.15, -0.1) is 0 Å². The van der Waals surface area contributed by atoms with Gasteiger partial charge in [0.05, 0.1) is 19.0 Å². The van der Waals surface area contributed by atoms with Crippen LogP contribution in [0.2, 0.25) is 0 Å². The highest BCUT2D eigenvalue weighted by Crippen LogP contribution is 2.37. The number of rotatable bonds is 9. The van der Waals surface area contributed by atoms with E-state index >= 15 is 0 Å². The van der Waals surface area contributed by atoms with E-state index < -0.39 is 10.0 Å². The summed E-state index contributed by atoms with van der Waals surface area (Å²) in [6, 6.07) is 8.21. The van der Waals surface area contributed by atoms with Gasteiger partial charge in [0, 0.05) is 12.1 Å². The number of ether oxygens (including phenoxy) is 2. The van der Waals surface area contributed by atoms with E-state index in [9.17, 15) is 8.42 Å². The quantitative estimate of drug-likeness (QED) is 0.614. The van der Waals surface area contributed by atoms with E-state index in [1.807, 2.05) is 12.1 Å². The van der Waals surface area contributed by atoms with Crippen LogP contribution in [0.1, 0.15) is 43.6 Å². The highest BCUT2D eigenvalue weighted by Gasteiger charge is 2.31. The molecule has 0 radical (unpaired) electrons. The van der Waals surface area contributed by atoms with Crippen LogP contribution < -0.4 is 14.8 Å². The van der Waals surface area contributed by atoms with Crippen molar-refractivity contribution in [2.75, 3.05) is 26.0 Å². The van der Waals surface area contributed by atoms with Crippen LogP contribution in [0.4, 0.5) is 0 Å². The first-order chi connectivity index (χ1) is 13.4. The zero-order valence-corrected chi connectivity index (χ0v) is 17.4. The lowest BCUT2D eigenvalue weighted by Gasteiger charge is -2.33. The van der Waals surface area contributed by atoms with E-state index in [1.54, 1.807) is 6.08 Å². The molecular weight excluding hydrogens is 376 g/mol. The van der Waals surface area contributed by atoms with Crippen LogP contribution in [-0.4, -0.2) is 52.6 Å². The molecule has 1 saturated carbocycles. The second-order valence-corrected chi connectivity index (χ2v) is 9.62. The van der Waals surface area contributed by atoms with E-state index in [0.29, 0.717) is 19.1 Å². The minimum Gasteiger partial charge on any atom is -0.490 e. The number of hydrogen-bond donors (Lipinski definition) is 2. The van der Waals surface area contributed by atoms with E-state index in [1.165, 1.54) is 11.8 Å². The first-order valence-electron chi connectivity index (χ1n) is 10.1. The summed E-state index contributed by atoms with van der Waals surface area (Å²) in [5.41, 5.74) is 1.29. The van der Waals surface area contributed by atoms with Crippen LogP contribution in [0.25, 0.3) is 0 Å². The van der Waals surface area contributed by atoms with E-state index in [0.717, 1.165) is 44.4 Å². The van der Waals surface area contributed by atoms with Crippen molar-refractivity contribution >= 4 is 10.0 Å². The Kier molecular flexibility index (Phi) is 7.51. The number of piperidine rings is 1. The summed E-state index contributed by atoms with van der Waals surface area (Å²) in [4.78, 5) is 0. The molecule has 2 N–H and O–H groups in total. The van der Waals surface area contributed by atoms with Gasteiger partial charge in [0.15, 0.2) is 0 Å². The number of sulfonamides is 1. The fraction of sp³-hybridized carbons (Fsp3) is 0.619. The summed E-state index contributed by atoms with van der Waals surface area (Å²) in [5, 5.41) is 3.41. The predicted molar refractivity (Wildman–Crippen MR) is 111 cm³/mol. The third-order valence-corrected chi connectivity index (χ3v) is 6.27. The molecule has 7 heteroatoms.